The van der Waals surface area contributed by atoms with E-state index >= 15 is 0 Å². The van der Waals surface area contributed by atoms with Crippen LogP contribution in [0.15, 0.2) is 23.1 Å². The maximum absolute atomic E-state index is 12.7. The fourth-order valence-electron chi connectivity index (χ4n) is 5.20. The summed E-state index contributed by atoms with van der Waals surface area (Å²) in [6.45, 7) is 9.10. The number of amides is 2. The highest BCUT2D eigenvalue weighted by Crippen LogP contribution is 2.49. The second kappa shape index (κ2) is 29.5. The largest absolute Gasteiger partial charge is 0.472 e. The summed E-state index contributed by atoms with van der Waals surface area (Å²) in [5, 5.41) is 10.7. The summed E-state index contributed by atoms with van der Waals surface area (Å²) in [4.78, 5) is 85.4. The van der Waals surface area contributed by atoms with E-state index in [1.54, 1.807) is 41.5 Å². The van der Waals surface area contributed by atoms with Gasteiger partial charge in [-0.2, -0.15) is 8.42 Å². The van der Waals surface area contributed by atoms with Gasteiger partial charge in [0.25, 0.3) is 10.1 Å². The van der Waals surface area contributed by atoms with Crippen molar-refractivity contribution in [2.45, 2.75) is 128 Å². The zero-order valence-electron chi connectivity index (χ0n) is 38.1. The van der Waals surface area contributed by atoms with Gasteiger partial charge < -0.3 is 28.8 Å². The first-order valence-electron chi connectivity index (χ1n) is 20.4. The van der Waals surface area contributed by atoms with E-state index in [1.807, 2.05) is 0 Å². The smallest absolute Gasteiger partial charge is 0.419 e. The molecular formula is C36H66N2O24P4S2. The van der Waals surface area contributed by atoms with Gasteiger partial charge in [0.1, 0.15) is 4.90 Å². The molecule has 396 valence electrons. The molecule has 0 bridgehead atoms. The van der Waals surface area contributed by atoms with Crippen molar-refractivity contribution in [1.29, 1.82) is 0 Å². The summed E-state index contributed by atoms with van der Waals surface area (Å²) in [5.41, 5.74) is -2.56. The SMILES string of the molecule is C.CC(C)(C)OP(=O)(O)OCCOP(=O)(O)OCCCCCCSC1CC(=O)N(CCCCCC(=O)Oc2ccc(S(=O)(=O)O)cc2[N+](=O)[O-])C1=O.CC(C)(C)OP(=O)(O)OCCOP(C)(=O)O. The number of likely N-dealkylation sites (tertiary alicyclic amines) is 1. The monoisotopic (exact) mass is 1100 g/mol. The molecule has 0 radical (unpaired) electrons. The predicted molar refractivity (Wildman–Crippen MR) is 246 cm³/mol. The topological polar surface area (TPSA) is 375 Å². The third-order valence-corrected chi connectivity index (χ3v) is 14.2. The van der Waals surface area contributed by atoms with Crippen LogP contribution in [-0.2, 0) is 74.4 Å². The molecule has 0 aliphatic carbocycles. The van der Waals surface area contributed by atoms with Crippen LogP contribution >= 0.6 is 42.8 Å². The van der Waals surface area contributed by atoms with Crippen LogP contribution in [0.4, 0.5) is 5.69 Å². The number of phosphoric ester groups is 3. The number of nitro groups is 1. The molecule has 1 aromatic rings. The van der Waals surface area contributed by atoms with Crippen molar-refractivity contribution < 1.29 is 107 Å². The number of hydrogen-bond acceptors (Lipinski definition) is 20. The van der Waals surface area contributed by atoms with E-state index < -0.39 is 98.1 Å². The van der Waals surface area contributed by atoms with Gasteiger partial charge in [-0.3, -0.25) is 65.7 Å². The molecule has 1 heterocycles. The first-order chi connectivity index (χ1) is 30.5. The standard InChI is InChI=1S/C28H44N2O17P2S2.C7H18O7P2.CH4/c1-28(2,3)47-49(38,39)45-17-16-44-48(36,37)43-15-9-4-5-10-18-50-24-20-25(31)29(27(24)33)14-8-6-7-11-26(32)46-23-13-12-21(51(40,41)42)19-22(23)30(34)35;1-7(2,3)14-16(10,11)13-6-5-12-15(4,8)9;/h12-13,19,24H,4-11,14-18,20H2,1-3H3,(H,36,37)(H,38,39)(H,40,41,42);5-6H2,1-4H3,(H,8,9)(H,10,11);1H4. The lowest BCUT2D eigenvalue weighted by atomic mass is 10.2. The number of unbranched alkanes of at least 4 members (excludes halogenated alkanes) is 5. The summed E-state index contributed by atoms with van der Waals surface area (Å²) in [7, 11) is -21.2. The number of esters is 1. The minimum Gasteiger partial charge on any atom is -0.419 e. The minimum atomic E-state index is -4.70. The Morgan fingerprint density at radius 2 is 1.26 bits per heavy atom. The highest BCUT2D eigenvalue weighted by Gasteiger charge is 2.38. The Hall–Kier alpha value is -2.03. The molecule has 68 heavy (non-hydrogen) atoms. The van der Waals surface area contributed by atoms with E-state index in [4.69, 9.17) is 32.3 Å². The van der Waals surface area contributed by atoms with Crippen LogP contribution in [0.2, 0.25) is 0 Å². The Morgan fingerprint density at radius 1 is 0.779 bits per heavy atom. The molecule has 5 unspecified atom stereocenters. The molecule has 5 N–H and O–H groups in total. The molecule has 0 saturated carbocycles. The van der Waals surface area contributed by atoms with Gasteiger partial charge in [0.15, 0.2) is 0 Å². The van der Waals surface area contributed by atoms with Crippen molar-refractivity contribution in [1.82, 2.24) is 4.90 Å². The van der Waals surface area contributed by atoms with Crippen molar-refractivity contribution in [3.05, 3.63) is 28.3 Å². The first-order valence-corrected chi connectivity index (χ1v) is 29.4. The van der Waals surface area contributed by atoms with Crippen LogP contribution in [-0.4, -0.2) is 129 Å². The molecule has 26 nitrogen and oxygen atoms in total. The number of carbonyl (C=O) groups excluding carboxylic acids is 3. The van der Waals surface area contributed by atoms with Crippen LogP contribution in [0.5, 0.6) is 5.75 Å². The Morgan fingerprint density at radius 3 is 1.76 bits per heavy atom. The fraction of sp³-hybridized carbons (Fsp3) is 0.750. The van der Waals surface area contributed by atoms with E-state index in [0.29, 0.717) is 43.9 Å². The van der Waals surface area contributed by atoms with Gasteiger partial charge in [-0.25, -0.2) is 13.7 Å². The summed E-state index contributed by atoms with van der Waals surface area (Å²) >= 11 is 1.37. The Balaban J connectivity index is 0.00000224. The molecule has 2 amide bonds. The van der Waals surface area contributed by atoms with Gasteiger partial charge in [0, 0.05) is 32.1 Å². The van der Waals surface area contributed by atoms with E-state index in [9.17, 15) is 65.9 Å². The maximum Gasteiger partial charge on any atom is 0.472 e. The average molecular weight is 1100 g/mol. The highest BCUT2D eigenvalue weighted by atomic mass is 32.2. The summed E-state index contributed by atoms with van der Waals surface area (Å²) in [6.07, 6.45) is 3.71. The van der Waals surface area contributed by atoms with E-state index in [0.717, 1.165) is 31.6 Å². The van der Waals surface area contributed by atoms with Gasteiger partial charge in [-0.15, -0.1) is 11.8 Å². The third kappa shape index (κ3) is 30.7. The Labute approximate surface area is 400 Å². The van der Waals surface area contributed by atoms with Crippen molar-refractivity contribution >= 4 is 76.4 Å². The maximum atomic E-state index is 12.7. The summed E-state index contributed by atoms with van der Waals surface area (Å²) < 4.78 is 115. The summed E-state index contributed by atoms with van der Waals surface area (Å²) in [5.74, 6) is -1.24. The number of benzene rings is 1. The molecular weight excluding hydrogens is 1030 g/mol. The first kappa shape index (κ1) is 66.0. The number of nitrogens with zero attached hydrogens (tertiary/aromatic N) is 2. The molecule has 1 saturated heterocycles. The van der Waals surface area contributed by atoms with Gasteiger partial charge in [0.05, 0.1) is 54.4 Å². The quantitative estimate of drug-likeness (QED) is 0.00744. The Kier molecular flexibility index (Phi) is 28.6. The third-order valence-electron chi connectivity index (χ3n) is 7.77. The highest BCUT2D eigenvalue weighted by molar-refractivity contribution is 8.00. The van der Waals surface area contributed by atoms with Crippen molar-refractivity contribution in [3.8, 4) is 5.75 Å². The zero-order valence-corrected chi connectivity index (χ0v) is 43.3. The van der Waals surface area contributed by atoms with Crippen molar-refractivity contribution in [2.24, 2.45) is 0 Å². The second-order valence-corrected chi connectivity index (χ2v) is 25.1. The number of ether oxygens (including phenoxy) is 1. The van der Waals surface area contributed by atoms with Crippen LogP contribution in [0, 0.1) is 10.1 Å². The molecule has 0 aromatic heterocycles. The van der Waals surface area contributed by atoms with Crippen molar-refractivity contribution in [3.63, 3.8) is 0 Å². The molecule has 2 rings (SSSR count). The number of thioether (sulfide) groups is 1. The molecule has 32 heteroatoms. The molecule has 5 atom stereocenters. The molecule has 1 fully saturated rings. The van der Waals surface area contributed by atoms with Crippen LogP contribution in [0.1, 0.15) is 107 Å². The summed E-state index contributed by atoms with van der Waals surface area (Å²) in [6, 6.07) is 2.34. The number of hydrogen-bond donors (Lipinski definition) is 5. The van der Waals surface area contributed by atoms with E-state index in [2.05, 4.69) is 13.6 Å². The lowest BCUT2D eigenvalue weighted by Gasteiger charge is -2.22. The number of rotatable bonds is 30. The number of nitro benzene ring substituents is 1. The normalized spacial score (nSPS) is 18.0. The molecule has 1 aliphatic rings. The van der Waals surface area contributed by atoms with Gasteiger partial charge in [-0.05, 0) is 85.1 Å². The van der Waals surface area contributed by atoms with Crippen LogP contribution in [0.25, 0.3) is 0 Å². The number of carbonyl (C=O) groups is 3. The predicted octanol–water partition coefficient (Wildman–Crippen LogP) is 7.18. The number of imide groups is 1. The zero-order chi connectivity index (χ0) is 51.5. The van der Waals surface area contributed by atoms with Gasteiger partial charge in [-0.1, -0.05) is 26.7 Å². The molecule has 1 aliphatic heterocycles. The Bertz CT molecular complexity index is 2110. The van der Waals surface area contributed by atoms with E-state index in [-0.39, 0.29) is 58.4 Å². The van der Waals surface area contributed by atoms with E-state index in [1.165, 1.54) is 16.7 Å². The fourth-order valence-corrected chi connectivity index (χ4v) is 10.1. The average Bonchev–Trinajstić information content (AvgIpc) is 3.41. The number of phosphoric acid groups is 3. The van der Waals surface area contributed by atoms with Gasteiger partial charge in [0.2, 0.25) is 17.6 Å². The van der Waals surface area contributed by atoms with Crippen LogP contribution in [0.3, 0.4) is 0 Å². The van der Waals surface area contributed by atoms with Crippen LogP contribution < -0.4 is 4.74 Å². The minimum absolute atomic E-state index is 0. The molecule has 1 aromatic carbocycles. The molecule has 0 spiro atoms. The van der Waals surface area contributed by atoms with Gasteiger partial charge >= 0.3 is 42.7 Å². The lowest BCUT2D eigenvalue weighted by Crippen LogP contribution is -2.32. The second-order valence-electron chi connectivity index (χ2n) is 16.3. The van der Waals surface area contributed by atoms with Crippen molar-refractivity contribution in [2.75, 3.05) is 52.0 Å². The lowest BCUT2D eigenvalue weighted by molar-refractivity contribution is -0.385.